The molecule has 7 nitrogen and oxygen atoms in total. The van der Waals surface area contributed by atoms with Crippen molar-refractivity contribution in [3.63, 3.8) is 0 Å². The number of amides is 2. The molecule has 1 atom stereocenters. The molecule has 0 spiro atoms. The molecule has 1 aliphatic heterocycles. The molecule has 0 unspecified atom stereocenters. The van der Waals surface area contributed by atoms with Gasteiger partial charge in [-0.15, -0.1) is 5.10 Å². The second-order valence-corrected chi connectivity index (χ2v) is 9.14. The molecule has 0 aliphatic carbocycles. The zero-order valence-electron chi connectivity index (χ0n) is 19.8. The van der Waals surface area contributed by atoms with Crippen LogP contribution in [-0.2, 0) is 20.9 Å². The maximum Gasteiger partial charge on any atom is 0.416 e. The average Bonchev–Trinajstić information content (AvgIpc) is 3.44. The van der Waals surface area contributed by atoms with Gasteiger partial charge in [0, 0.05) is 24.6 Å². The molecule has 2 heterocycles. The summed E-state index contributed by atoms with van der Waals surface area (Å²) in [4.78, 5) is 24.0. The van der Waals surface area contributed by atoms with Gasteiger partial charge in [-0.05, 0) is 61.9 Å². The molecule has 0 bridgehead atoms. The Kier molecular flexibility index (Phi) is 7.05. The summed E-state index contributed by atoms with van der Waals surface area (Å²) in [6.07, 6.45) is -4.60. The number of hydrogen-bond acceptors (Lipinski definition) is 4. The number of nitrogens with one attached hydrogen (secondary N) is 2. The van der Waals surface area contributed by atoms with E-state index in [0.717, 1.165) is 26.0 Å². The van der Waals surface area contributed by atoms with E-state index in [1.54, 1.807) is 0 Å². The van der Waals surface area contributed by atoms with Crippen LogP contribution >= 0.6 is 0 Å². The van der Waals surface area contributed by atoms with Crippen LogP contribution in [0.5, 0.6) is 0 Å². The van der Waals surface area contributed by atoms with Crippen molar-refractivity contribution in [3.05, 3.63) is 65.7 Å². The molecule has 2 aromatic carbocycles. The molecule has 0 radical (unpaired) electrons. The summed E-state index contributed by atoms with van der Waals surface area (Å²) in [6, 6.07) is 10.3. The summed E-state index contributed by atoms with van der Waals surface area (Å²) in [6.45, 7) is 1.41. The number of nitrogens with zero attached hydrogens (tertiary/aromatic N) is 2. The van der Waals surface area contributed by atoms with Crippen molar-refractivity contribution in [3.8, 4) is 16.9 Å². The van der Waals surface area contributed by atoms with Crippen molar-refractivity contribution in [1.82, 2.24) is 15.1 Å². The summed E-state index contributed by atoms with van der Waals surface area (Å²) >= 11 is 0. The van der Waals surface area contributed by atoms with Gasteiger partial charge < -0.3 is 15.4 Å². The largest absolute Gasteiger partial charge is 0.416 e. The molecule has 196 valence electrons. The minimum absolute atomic E-state index is 0.0267. The Hall–Kier alpha value is -3.80. The van der Waals surface area contributed by atoms with Crippen LogP contribution in [0.4, 0.5) is 27.8 Å². The fourth-order valence-corrected chi connectivity index (χ4v) is 3.67. The van der Waals surface area contributed by atoms with Crippen LogP contribution in [-0.4, -0.2) is 39.9 Å². The van der Waals surface area contributed by atoms with E-state index in [2.05, 4.69) is 15.7 Å². The van der Waals surface area contributed by atoms with E-state index in [4.69, 9.17) is 4.74 Å². The monoisotopic (exact) mass is 522 g/mol. The SMILES string of the molecule is CC(C)(OCc1cc(F)cc(-c2cc(NC(=O)[C@@H]3CNC(=O)C3)nn2-c2ccc(F)cc2)c1)C(F)(F)F. The summed E-state index contributed by atoms with van der Waals surface area (Å²) in [5, 5.41) is 9.54. The minimum atomic E-state index is -4.63. The number of carbonyl (C=O) groups is 2. The van der Waals surface area contributed by atoms with Crippen LogP contribution in [0.3, 0.4) is 0 Å². The Morgan fingerprint density at radius 2 is 1.81 bits per heavy atom. The van der Waals surface area contributed by atoms with E-state index in [1.165, 1.54) is 41.1 Å². The zero-order chi connectivity index (χ0) is 27.0. The molecule has 1 aromatic heterocycles. The van der Waals surface area contributed by atoms with Gasteiger partial charge in [0.1, 0.15) is 11.6 Å². The number of hydrogen-bond donors (Lipinski definition) is 2. The molecule has 0 saturated carbocycles. The Morgan fingerprint density at radius 3 is 2.43 bits per heavy atom. The first-order valence-corrected chi connectivity index (χ1v) is 11.3. The minimum Gasteiger partial charge on any atom is -0.361 e. The predicted molar refractivity (Wildman–Crippen MR) is 124 cm³/mol. The van der Waals surface area contributed by atoms with Gasteiger partial charge in [-0.25, -0.2) is 13.5 Å². The number of alkyl halides is 3. The molecular formula is C25H23F5N4O3. The second kappa shape index (κ2) is 9.92. The molecule has 3 aromatic rings. The number of rotatable bonds is 7. The lowest BCUT2D eigenvalue weighted by Crippen LogP contribution is -2.41. The first-order chi connectivity index (χ1) is 17.3. The van der Waals surface area contributed by atoms with Gasteiger partial charge in [0.25, 0.3) is 0 Å². The number of ether oxygens (including phenoxy) is 1. The Labute approximate surface area is 208 Å². The second-order valence-electron chi connectivity index (χ2n) is 9.14. The van der Waals surface area contributed by atoms with Crippen molar-refractivity contribution in [1.29, 1.82) is 0 Å². The fraction of sp³-hybridized carbons (Fsp3) is 0.320. The smallest absolute Gasteiger partial charge is 0.361 e. The van der Waals surface area contributed by atoms with Crippen LogP contribution in [0, 0.1) is 17.6 Å². The molecule has 12 heteroatoms. The first kappa shape index (κ1) is 26.3. The third-order valence-corrected chi connectivity index (χ3v) is 5.92. The van der Waals surface area contributed by atoms with E-state index >= 15 is 0 Å². The number of aromatic nitrogens is 2. The highest BCUT2D eigenvalue weighted by Crippen LogP contribution is 2.34. The third kappa shape index (κ3) is 5.96. The predicted octanol–water partition coefficient (Wildman–Crippen LogP) is 4.75. The van der Waals surface area contributed by atoms with Gasteiger partial charge in [-0.1, -0.05) is 0 Å². The van der Waals surface area contributed by atoms with Gasteiger partial charge in [-0.3, -0.25) is 9.59 Å². The molecule has 1 saturated heterocycles. The lowest BCUT2D eigenvalue weighted by Gasteiger charge is -2.28. The highest BCUT2D eigenvalue weighted by molar-refractivity contribution is 5.97. The number of anilines is 1. The highest BCUT2D eigenvalue weighted by Gasteiger charge is 2.48. The fourth-order valence-electron chi connectivity index (χ4n) is 3.67. The molecule has 1 aliphatic rings. The lowest BCUT2D eigenvalue weighted by atomic mass is 10.1. The quantitative estimate of drug-likeness (QED) is 0.439. The Balaban J connectivity index is 1.68. The van der Waals surface area contributed by atoms with Crippen molar-refractivity contribution >= 4 is 17.6 Å². The van der Waals surface area contributed by atoms with Crippen LogP contribution in [0.25, 0.3) is 16.9 Å². The summed E-state index contributed by atoms with van der Waals surface area (Å²) in [5.74, 6) is -2.43. The van der Waals surface area contributed by atoms with E-state index in [-0.39, 0.29) is 41.5 Å². The number of benzene rings is 2. The lowest BCUT2D eigenvalue weighted by molar-refractivity contribution is -0.267. The maximum absolute atomic E-state index is 14.5. The van der Waals surface area contributed by atoms with Gasteiger partial charge in [0.05, 0.1) is 23.9 Å². The van der Waals surface area contributed by atoms with E-state index in [1.807, 2.05) is 0 Å². The molecule has 2 N–H and O–H groups in total. The summed E-state index contributed by atoms with van der Waals surface area (Å²) < 4.78 is 74.0. The number of halogens is 5. The van der Waals surface area contributed by atoms with Crippen molar-refractivity contribution in [2.24, 2.45) is 5.92 Å². The van der Waals surface area contributed by atoms with Gasteiger partial charge in [0.15, 0.2) is 11.4 Å². The highest BCUT2D eigenvalue weighted by atomic mass is 19.4. The van der Waals surface area contributed by atoms with Crippen LogP contribution in [0.2, 0.25) is 0 Å². The molecular weight excluding hydrogens is 499 g/mol. The van der Waals surface area contributed by atoms with Gasteiger partial charge >= 0.3 is 6.18 Å². The van der Waals surface area contributed by atoms with E-state index < -0.39 is 41.8 Å². The molecule has 2 amide bonds. The molecule has 1 fully saturated rings. The van der Waals surface area contributed by atoms with Gasteiger partial charge in [-0.2, -0.15) is 13.2 Å². The van der Waals surface area contributed by atoms with Crippen LogP contribution in [0.1, 0.15) is 25.8 Å². The summed E-state index contributed by atoms with van der Waals surface area (Å²) in [5.41, 5.74) is -1.42. The molecule has 37 heavy (non-hydrogen) atoms. The zero-order valence-corrected chi connectivity index (χ0v) is 19.8. The first-order valence-electron chi connectivity index (χ1n) is 11.3. The maximum atomic E-state index is 14.5. The topological polar surface area (TPSA) is 85.2 Å². The molecule has 4 rings (SSSR count). The van der Waals surface area contributed by atoms with E-state index in [9.17, 15) is 31.5 Å². The standard InChI is InChI=1S/C25H23F5N4O3/c1-24(2,25(28,29)30)37-13-14-7-15(9-18(27)8-14)20-11-21(32-23(36)16-10-22(35)31-12-16)33-34(20)19-5-3-17(26)4-6-19/h3-9,11,16H,10,12-13H2,1-2H3,(H,31,35)(H,32,33,36)/t16-/m0/s1. The van der Waals surface area contributed by atoms with Crippen LogP contribution < -0.4 is 10.6 Å². The van der Waals surface area contributed by atoms with Crippen LogP contribution in [0.15, 0.2) is 48.5 Å². The number of carbonyl (C=O) groups excluding carboxylic acids is 2. The average molecular weight is 522 g/mol. The van der Waals surface area contributed by atoms with Crippen molar-refractivity contribution in [2.75, 3.05) is 11.9 Å². The van der Waals surface area contributed by atoms with Crippen molar-refractivity contribution in [2.45, 2.75) is 38.7 Å². The Morgan fingerprint density at radius 1 is 1.11 bits per heavy atom. The normalized spacial score (nSPS) is 16.1. The van der Waals surface area contributed by atoms with E-state index in [0.29, 0.717) is 5.69 Å². The van der Waals surface area contributed by atoms with Crippen molar-refractivity contribution < 1.29 is 36.3 Å². The third-order valence-electron chi connectivity index (χ3n) is 5.92. The Bertz CT molecular complexity index is 1320. The summed E-state index contributed by atoms with van der Waals surface area (Å²) in [7, 11) is 0. The van der Waals surface area contributed by atoms with Gasteiger partial charge in [0.2, 0.25) is 11.8 Å².